The van der Waals surface area contributed by atoms with Gasteiger partial charge < -0.3 is 9.80 Å². The number of rotatable bonds is 4. The smallest absolute Gasteiger partial charge is 0.151 e. The summed E-state index contributed by atoms with van der Waals surface area (Å²) in [6.07, 6.45) is 10.5. The topological polar surface area (TPSA) is 50.1 Å². The molecule has 0 spiro atoms. The van der Waals surface area contributed by atoms with Crippen LogP contribution in [-0.4, -0.2) is 57.1 Å². The molecule has 2 aromatic heterocycles. The van der Waals surface area contributed by atoms with Gasteiger partial charge in [0.15, 0.2) is 5.82 Å². The van der Waals surface area contributed by atoms with Gasteiger partial charge in [-0.2, -0.15) is 5.10 Å². The maximum absolute atomic E-state index is 4.69. The highest BCUT2D eigenvalue weighted by Gasteiger charge is 2.48. The Kier molecular flexibility index (Phi) is 5.28. The molecule has 6 rings (SSSR count). The summed E-state index contributed by atoms with van der Waals surface area (Å²) in [5.41, 5.74) is 3.68. The molecule has 33 heavy (non-hydrogen) atoms. The van der Waals surface area contributed by atoms with Crippen LogP contribution in [0.1, 0.15) is 57.9 Å². The predicted molar refractivity (Wildman–Crippen MR) is 132 cm³/mol. The van der Waals surface area contributed by atoms with Crippen LogP contribution in [0.2, 0.25) is 0 Å². The van der Waals surface area contributed by atoms with E-state index >= 15 is 0 Å². The predicted octanol–water partition coefficient (Wildman–Crippen LogP) is 4.55. The Labute approximate surface area is 198 Å². The molecule has 0 aromatic carbocycles. The number of aryl methyl sites for hydroxylation is 2. The third kappa shape index (κ3) is 3.88. The minimum atomic E-state index is 0.575. The summed E-state index contributed by atoms with van der Waals surface area (Å²) in [7, 11) is 1.97. The van der Waals surface area contributed by atoms with Gasteiger partial charge in [0.2, 0.25) is 0 Å². The van der Waals surface area contributed by atoms with Gasteiger partial charge in [-0.1, -0.05) is 13.8 Å². The van der Waals surface area contributed by atoms with E-state index in [-0.39, 0.29) is 0 Å². The molecule has 6 nitrogen and oxygen atoms in total. The van der Waals surface area contributed by atoms with Gasteiger partial charge in [-0.3, -0.25) is 4.68 Å². The highest BCUT2D eigenvalue weighted by Crippen LogP contribution is 2.53. The molecule has 2 bridgehead atoms. The van der Waals surface area contributed by atoms with Crippen molar-refractivity contribution in [2.45, 2.75) is 65.3 Å². The van der Waals surface area contributed by atoms with E-state index in [0.717, 1.165) is 53.0 Å². The molecule has 2 saturated heterocycles. The van der Waals surface area contributed by atoms with Crippen LogP contribution in [0.25, 0.3) is 11.4 Å². The quantitative estimate of drug-likeness (QED) is 0.687. The maximum Gasteiger partial charge on any atom is 0.151 e. The van der Waals surface area contributed by atoms with Gasteiger partial charge in [0, 0.05) is 39.3 Å². The first-order chi connectivity index (χ1) is 15.9. The van der Waals surface area contributed by atoms with Crippen molar-refractivity contribution in [1.29, 1.82) is 0 Å². The molecule has 4 atom stereocenters. The summed E-state index contributed by atoms with van der Waals surface area (Å²) in [5.74, 6) is 4.62. The van der Waals surface area contributed by atoms with E-state index < -0.39 is 0 Å². The van der Waals surface area contributed by atoms with Crippen LogP contribution >= 0.6 is 0 Å². The van der Waals surface area contributed by atoms with Crippen molar-refractivity contribution in [3.63, 3.8) is 0 Å². The summed E-state index contributed by atoms with van der Waals surface area (Å²) in [4.78, 5) is 5.38. The molecule has 4 aliphatic rings. The third-order valence-corrected chi connectivity index (χ3v) is 9.25. The summed E-state index contributed by atoms with van der Waals surface area (Å²) >= 11 is 0. The van der Waals surface area contributed by atoms with E-state index in [0.29, 0.717) is 11.5 Å². The largest absolute Gasteiger partial charge is 0.351 e. The van der Waals surface area contributed by atoms with Gasteiger partial charge >= 0.3 is 0 Å². The van der Waals surface area contributed by atoms with Crippen LogP contribution in [-0.2, 0) is 7.05 Å². The zero-order valence-electron chi connectivity index (χ0n) is 20.9. The van der Waals surface area contributed by atoms with Crippen molar-refractivity contribution in [3.05, 3.63) is 23.9 Å². The molecule has 2 aliphatic heterocycles. The molecule has 2 aliphatic carbocycles. The Morgan fingerprint density at radius 1 is 1.03 bits per heavy atom. The van der Waals surface area contributed by atoms with Gasteiger partial charge in [0.05, 0.1) is 11.9 Å². The molecule has 178 valence electrons. The Morgan fingerprint density at radius 3 is 2.48 bits per heavy atom. The van der Waals surface area contributed by atoms with Crippen molar-refractivity contribution in [2.24, 2.45) is 36.1 Å². The Morgan fingerprint density at radius 2 is 1.82 bits per heavy atom. The summed E-state index contributed by atoms with van der Waals surface area (Å²) < 4.78 is 1.89. The Bertz CT molecular complexity index is 958. The van der Waals surface area contributed by atoms with Crippen LogP contribution in [0.3, 0.4) is 0 Å². The van der Waals surface area contributed by atoms with Crippen LogP contribution in [0.5, 0.6) is 0 Å². The third-order valence-electron chi connectivity index (χ3n) is 9.25. The van der Waals surface area contributed by atoms with E-state index in [2.05, 4.69) is 58.0 Å². The second-order valence-corrected chi connectivity index (χ2v) is 12.2. The molecule has 4 heterocycles. The fourth-order valence-corrected chi connectivity index (χ4v) is 8.56. The number of aromatic nitrogens is 4. The Hall–Kier alpha value is -1.95. The van der Waals surface area contributed by atoms with Crippen LogP contribution in [0.4, 0.5) is 5.82 Å². The zero-order valence-corrected chi connectivity index (χ0v) is 20.9. The van der Waals surface area contributed by atoms with Gasteiger partial charge in [0.1, 0.15) is 5.69 Å². The standard InChI is InChI=1S/C27H40N6/c1-18-9-21-10-19(2)12-27(11-18,13-21)17-32-15-22-7-8-33(24(22)16-32)25-6-5-23(29-30-25)26-20(3)14-28-31(26)4/h5-6,14,18-19,21-22,24H,7-13,15-17H2,1-4H3/t18?,19?,21?,22-,24+,27?/m1/s1. The van der Waals surface area contributed by atoms with Gasteiger partial charge in [-0.25, -0.2) is 0 Å². The molecule has 0 radical (unpaired) electrons. The first-order valence-electron chi connectivity index (χ1n) is 13.2. The number of hydrogen-bond acceptors (Lipinski definition) is 5. The first-order valence-corrected chi connectivity index (χ1v) is 13.2. The number of anilines is 1. The second-order valence-electron chi connectivity index (χ2n) is 12.2. The van der Waals surface area contributed by atoms with E-state index in [1.807, 2.05) is 17.9 Å². The van der Waals surface area contributed by atoms with E-state index in [1.165, 1.54) is 58.2 Å². The molecule has 2 saturated carbocycles. The number of nitrogens with zero attached hydrogens (tertiary/aromatic N) is 6. The first kappa shape index (κ1) is 21.6. The van der Waals surface area contributed by atoms with E-state index in [9.17, 15) is 0 Å². The monoisotopic (exact) mass is 448 g/mol. The average Bonchev–Trinajstić information content (AvgIpc) is 3.41. The van der Waals surface area contributed by atoms with Crippen molar-refractivity contribution in [2.75, 3.05) is 31.1 Å². The molecule has 4 fully saturated rings. The average molecular weight is 449 g/mol. The fraction of sp³-hybridized carbons (Fsp3) is 0.741. The summed E-state index contributed by atoms with van der Waals surface area (Å²) in [6.45, 7) is 12.0. The van der Waals surface area contributed by atoms with Crippen molar-refractivity contribution < 1.29 is 0 Å². The van der Waals surface area contributed by atoms with Crippen LogP contribution < -0.4 is 4.90 Å². The zero-order chi connectivity index (χ0) is 22.7. The molecule has 2 aromatic rings. The molecule has 0 N–H and O–H groups in total. The minimum absolute atomic E-state index is 0.575. The minimum Gasteiger partial charge on any atom is -0.351 e. The van der Waals surface area contributed by atoms with Crippen molar-refractivity contribution >= 4 is 5.82 Å². The highest BCUT2D eigenvalue weighted by molar-refractivity contribution is 5.59. The molecule has 0 amide bonds. The molecule has 2 unspecified atom stereocenters. The van der Waals surface area contributed by atoms with Crippen LogP contribution in [0.15, 0.2) is 18.3 Å². The lowest BCUT2D eigenvalue weighted by atomic mass is 9.56. The van der Waals surface area contributed by atoms with Crippen LogP contribution in [0, 0.1) is 36.0 Å². The van der Waals surface area contributed by atoms with Gasteiger partial charge in [0.25, 0.3) is 0 Å². The lowest BCUT2D eigenvalue weighted by Crippen LogP contribution is -2.47. The molecular weight excluding hydrogens is 408 g/mol. The lowest BCUT2D eigenvalue weighted by molar-refractivity contribution is -0.00603. The van der Waals surface area contributed by atoms with Crippen molar-refractivity contribution in [1.82, 2.24) is 24.9 Å². The fourth-order valence-electron chi connectivity index (χ4n) is 8.56. The highest BCUT2D eigenvalue weighted by atomic mass is 15.3. The number of hydrogen-bond donors (Lipinski definition) is 0. The van der Waals surface area contributed by atoms with E-state index in [1.54, 1.807) is 0 Å². The van der Waals surface area contributed by atoms with Gasteiger partial charge in [-0.15, -0.1) is 10.2 Å². The SMILES string of the molecule is Cc1cnn(C)c1-c1ccc(N2CC[C@@H]3CN(CC45CC(C)CC(CC(C)C4)C5)C[C@@H]32)nn1. The summed E-state index contributed by atoms with van der Waals surface area (Å²) in [5, 5.41) is 13.6. The Balaban J connectivity index is 1.16. The number of likely N-dealkylation sites (tertiary alicyclic amines) is 1. The second kappa shape index (κ2) is 8.07. The van der Waals surface area contributed by atoms with Gasteiger partial charge in [-0.05, 0) is 92.2 Å². The maximum atomic E-state index is 4.69. The normalized spacial score (nSPS) is 36.4. The summed E-state index contributed by atoms with van der Waals surface area (Å²) in [6, 6.07) is 4.89. The lowest BCUT2D eigenvalue weighted by Gasteiger charge is -2.51. The molecule has 6 heteroatoms. The van der Waals surface area contributed by atoms with E-state index in [4.69, 9.17) is 0 Å². The number of fused-ring (bicyclic) bond motifs is 3. The molecular formula is C27H40N6. The van der Waals surface area contributed by atoms with Crippen molar-refractivity contribution in [3.8, 4) is 11.4 Å².